The molecule has 148 valence electrons. The summed E-state index contributed by atoms with van der Waals surface area (Å²) in [5, 5.41) is 13.0. The zero-order chi connectivity index (χ0) is 21.1. The van der Waals surface area contributed by atoms with Crippen molar-refractivity contribution >= 4 is 50.1 Å². The van der Waals surface area contributed by atoms with E-state index in [1.54, 1.807) is 24.3 Å². The van der Waals surface area contributed by atoms with Gasteiger partial charge in [-0.15, -0.1) is 0 Å². The van der Waals surface area contributed by atoms with Crippen LogP contribution in [0.25, 0.3) is 22.0 Å². The lowest BCUT2D eigenvalue weighted by Gasteiger charge is -2.12. The number of pyridine rings is 1. The fourth-order valence-corrected chi connectivity index (χ4v) is 4.48. The van der Waals surface area contributed by atoms with Crippen LogP contribution < -0.4 is 0 Å². The molecule has 0 fully saturated rings. The average Bonchev–Trinajstić information content (AvgIpc) is 2.77. The Labute approximate surface area is 185 Å². The Morgan fingerprint density at radius 2 is 1.67 bits per heavy atom. The number of thioether (sulfide) groups is 1. The van der Waals surface area contributed by atoms with Crippen LogP contribution in [0.5, 0.6) is 0 Å². The van der Waals surface area contributed by atoms with Crippen molar-refractivity contribution in [2.45, 2.75) is 5.03 Å². The predicted octanol–water partition coefficient (Wildman–Crippen LogP) is 6.55. The van der Waals surface area contributed by atoms with Crippen molar-refractivity contribution in [3.63, 3.8) is 0 Å². The SMILES string of the molecule is O=C(CSc1nc2ccc(Br)cc2c(-c2ccccc2)c1[N+](=O)[O-])c1ccccc1. The highest BCUT2D eigenvalue weighted by Crippen LogP contribution is 2.42. The van der Waals surface area contributed by atoms with Crippen LogP contribution in [0.15, 0.2) is 88.4 Å². The van der Waals surface area contributed by atoms with E-state index in [0.717, 1.165) is 21.8 Å². The normalized spacial score (nSPS) is 10.8. The second-order valence-corrected chi connectivity index (χ2v) is 8.38. The van der Waals surface area contributed by atoms with Gasteiger partial charge < -0.3 is 0 Å². The van der Waals surface area contributed by atoms with Gasteiger partial charge in [0.25, 0.3) is 0 Å². The van der Waals surface area contributed by atoms with Crippen LogP contribution in [0, 0.1) is 10.1 Å². The number of fused-ring (bicyclic) bond motifs is 1. The summed E-state index contributed by atoms with van der Waals surface area (Å²) in [6, 6.07) is 23.6. The van der Waals surface area contributed by atoms with Crippen molar-refractivity contribution in [3.05, 3.63) is 99.0 Å². The fraction of sp³-hybridized carbons (Fsp3) is 0.0435. The molecule has 0 spiro atoms. The highest BCUT2D eigenvalue weighted by Gasteiger charge is 2.27. The third kappa shape index (κ3) is 4.13. The highest BCUT2D eigenvalue weighted by atomic mass is 79.9. The van der Waals surface area contributed by atoms with Crippen LogP contribution in [-0.4, -0.2) is 21.4 Å². The molecule has 4 aromatic rings. The number of nitrogens with zero attached hydrogens (tertiary/aromatic N) is 2. The number of halogens is 1. The van der Waals surface area contributed by atoms with E-state index in [-0.39, 0.29) is 22.2 Å². The third-order valence-electron chi connectivity index (χ3n) is 4.57. The van der Waals surface area contributed by atoms with E-state index in [4.69, 9.17) is 0 Å². The summed E-state index contributed by atoms with van der Waals surface area (Å²) in [6.07, 6.45) is 0. The molecule has 0 N–H and O–H groups in total. The number of rotatable bonds is 6. The Hall–Kier alpha value is -3.03. The van der Waals surface area contributed by atoms with Gasteiger partial charge in [-0.1, -0.05) is 88.4 Å². The van der Waals surface area contributed by atoms with Crippen molar-refractivity contribution in [1.82, 2.24) is 4.98 Å². The molecule has 0 bridgehead atoms. The lowest BCUT2D eigenvalue weighted by atomic mass is 10.00. The zero-order valence-electron chi connectivity index (χ0n) is 15.6. The van der Waals surface area contributed by atoms with Crippen LogP contribution in [0.2, 0.25) is 0 Å². The molecular formula is C23H15BrN2O3S. The predicted molar refractivity (Wildman–Crippen MR) is 123 cm³/mol. The van der Waals surface area contributed by atoms with Crippen LogP contribution in [0.3, 0.4) is 0 Å². The number of ketones is 1. The molecule has 4 rings (SSSR count). The van der Waals surface area contributed by atoms with Gasteiger partial charge in [-0.25, -0.2) is 4.98 Å². The first-order valence-electron chi connectivity index (χ1n) is 9.08. The summed E-state index contributed by atoms with van der Waals surface area (Å²) in [7, 11) is 0. The third-order valence-corrected chi connectivity index (χ3v) is 6.03. The number of aromatic nitrogens is 1. The van der Waals surface area contributed by atoms with Gasteiger partial charge >= 0.3 is 5.69 Å². The minimum atomic E-state index is -0.412. The second-order valence-electron chi connectivity index (χ2n) is 6.50. The van der Waals surface area contributed by atoms with Crippen LogP contribution in [-0.2, 0) is 0 Å². The maximum Gasteiger partial charge on any atom is 0.309 e. The first-order chi connectivity index (χ1) is 14.5. The fourth-order valence-electron chi connectivity index (χ4n) is 3.21. The smallest absolute Gasteiger partial charge is 0.293 e. The minimum absolute atomic E-state index is 0.0636. The maximum absolute atomic E-state index is 12.5. The number of benzene rings is 3. The summed E-state index contributed by atoms with van der Waals surface area (Å²) in [5.41, 5.74) is 2.35. The Morgan fingerprint density at radius 3 is 2.33 bits per heavy atom. The molecule has 0 aliphatic carbocycles. The van der Waals surface area contributed by atoms with E-state index in [0.29, 0.717) is 22.0 Å². The van der Waals surface area contributed by atoms with E-state index >= 15 is 0 Å². The molecule has 0 aliphatic heterocycles. The highest BCUT2D eigenvalue weighted by molar-refractivity contribution is 9.10. The van der Waals surface area contributed by atoms with Gasteiger partial charge in [-0.2, -0.15) is 0 Å². The van der Waals surface area contributed by atoms with Crippen molar-refractivity contribution in [2.24, 2.45) is 0 Å². The van der Waals surface area contributed by atoms with Gasteiger partial charge in [-0.3, -0.25) is 14.9 Å². The largest absolute Gasteiger partial charge is 0.309 e. The van der Waals surface area contributed by atoms with Gasteiger partial charge in [-0.05, 0) is 23.8 Å². The molecule has 0 atom stereocenters. The van der Waals surface area contributed by atoms with Crippen molar-refractivity contribution in [2.75, 3.05) is 5.75 Å². The Balaban J connectivity index is 1.85. The van der Waals surface area contributed by atoms with Gasteiger partial charge in [0.1, 0.15) is 0 Å². The minimum Gasteiger partial charge on any atom is -0.293 e. The monoisotopic (exact) mass is 478 g/mol. The van der Waals surface area contributed by atoms with Gasteiger partial charge in [0.05, 0.1) is 21.8 Å². The Bertz CT molecular complexity index is 1250. The maximum atomic E-state index is 12.5. The zero-order valence-corrected chi connectivity index (χ0v) is 18.0. The topological polar surface area (TPSA) is 73.1 Å². The van der Waals surface area contributed by atoms with Crippen LogP contribution in [0.4, 0.5) is 5.69 Å². The summed E-state index contributed by atoms with van der Waals surface area (Å²) >= 11 is 4.54. The van der Waals surface area contributed by atoms with E-state index in [1.807, 2.05) is 54.6 Å². The molecule has 0 amide bonds. The molecule has 0 saturated heterocycles. The Morgan fingerprint density at radius 1 is 1.00 bits per heavy atom. The summed E-state index contributed by atoms with van der Waals surface area (Å²) in [6.45, 7) is 0. The summed E-state index contributed by atoms with van der Waals surface area (Å²) < 4.78 is 0.808. The molecule has 0 saturated carbocycles. The molecular weight excluding hydrogens is 464 g/mol. The number of nitro groups is 1. The molecule has 1 aromatic heterocycles. The summed E-state index contributed by atoms with van der Waals surface area (Å²) in [4.78, 5) is 28.8. The Kier molecular flexibility index (Phi) is 5.92. The number of carbonyl (C=O) groups is 1. The summed E-state index contributed by atoms with van der Waals surface area (Å²) in [5.74, 6) is -0.0393. The number of carbonyl (C=O) groups excluding carboxylic acids is 1. The molecule has 7 heteroatoms. The van der Waals surface area contributed by atoms with Gasteiger partial charge in [0, 0.05) is 15.4 Å². The first kappa shape index (κ1) is 20.3. The van der Waals surface area contributed by atoms with Crippen molar-refractivity contribution < 1.29 is 9.72 Å². The molecule has 0 unspecified atom stereocenters. The second kappa shape index (κ2) is 8.77. The van der Waals surface area contributed by atoms with Gasteiger partial charge in [0.2, 0.25) is 0 Å². The van der Waals surface area contributed by atoms with E-state index in [2.05, 4.69) is 20.9 Å². The number of Topliss-reactive ketones (excluding diaryl/α,β-unsaturated/α-hetero) is 1. The number of hydrogen-bond acceptors (Lipinski definition) is 5. The molecule has 3 aromatic carbocycles. The van der Waals surface area contributed by atoms with Gasteiger partial charge in [0.15, 0.2) is 10.8 Å². The van der Waals surface area contributed by atoms with Crippen LogP contribution >= 0.6 is 27.7 Å². The van der Waals surface area contributed by atoms with E-state index in [1.165, 1.54) is 0 Å². The van der Waals surface area contributed by atoms with E-state index in [9.17, 15) is 14.9 Å². The first-order valence-corrected chi connectivity index (χ1v) is 10.9. The van der Waals surface area contributed by atoms with E-state index < -0.39 is 4.92 Å². The van der Waals surface area contributed by atoms with Crippen molar-refractivity contribution in [3.8, 4) is 11.1 Å². The molecule has 30 heavy (non-hydrogen) atoms. The molecule has 1 heterocycles. The number of hydrogen-bond donors (Lipinski definition) is 0. The average molecular weight is 479 g/mol. The molecule has 0 radical (unpaired) electrons. The lowest BCUT2D eigenvalue weighted by molar-refractivity contribution is -0.387. The molecule has 5 nitrogen and oxygen atoms in total. The van der Waals surface area contributed by atoms with Crippen LogP contribution in [0.1, 0.15) is 10.4 Å². The standard InChI is InChI=1S/C23H15BrN2O3S/c24-17-11-12-19-18(13-17)21(16-9-5-2-6-10-16)22(26(28)29)23(25-19)30-14-20(27)15-7-3-1-4-8-15/h1-13H,14H2. The molecule has 0 aliphatic rings. The lowest BCUT2D eigenvalue weighted by Crippen LogP contribution is -2.04. The van der Waals surface area contributed by atoms with Crippen molar-refractivity contribution in [1.29, 1.82) is 0 Å². The quantitative estimate of drug-likeness (QED) is 0.136.